The van der Waals surface area contributed by atoms with Crippen molar-refractivity contribution in [2.75, 3.05) is 6.54 Å². The number of rotatable bonds is 5. The number of H-pyrrole nitrogens is 2. The summed E-state index contributed by atoms with van der Waals surface area (Å²) in [7, 11) is 0. The number of carbonyl (C=O) groups is 1. The average Bonchev–Trinajstić information content (AvgIpc) is 2.97. The number of hydrogen-bond acceptors (Lipinski definition) is 4. The summed E-state index contributed by atoms with van der Waals surface area (Å²) in [4.78, 5) is 26.0. The van der Waals surface area contributed by atoms with Crippen molar-refractivity contribution in [2.24, 2.45) is 5.92 Å². The molecule has 0 radical (unpaired) electrons. The zero-order chi connectivity index (χ0) is 13.0. The van der Waals surface area contributed by atoms with Crippen LogP contribution >= 0.6 is 11.3 Å². The third-order valence-electron chi connectivity index (χ3n) is 2.46. The lowest BCUT2D eigenvalue weighted by Crippen LogP contribution is -2.30. The Morgan fingerprint density at radius 3 is 3.06 bits per heavy atom. The molecular weight excluding hydrogens is 252 g/mol. The van der Waals surface area contributed by atoms with Crippen LogP contribution in [0, 0.1) is 5.92 Å². The Morgan fingerprint density at radius 1 is 1.61 bits per heavy atom. The highest BCUT2D eigenvalue weighted by Gasteiger charge is 2.11. The van der Waals surface area contributed by atoms with Crippen molar-refractivity contribution in [1.29, 1.82) is 0 Å². The van der Waals surface area contributed by atoms with E-state index in [2.05, 4.69) is 33.5 Å². The minimum atomic E-state index is -0.480. The summed E-state index contributed by atoms with van der Waals surface area (Å²) >= 11 is 1.71. The molecule has 0 aliphatic heterocycles. The van der Waals surface area contributed by atoms with Gasteiger partial charge in [0, 0.05) is 11.4 Å². The first-order valence-electron chi connectivity index (χ1n) is 5.60. The highest BCUT2D eigenvalue weighted by Crippen LogP contribution is 2.13. The highest BCUT2D eigenvalue weighted by molar-refractivity contribution is 7.09. The minimum Gasteiger partial charge on any atom is -0.349 e. The van der Waals surface area contributed by atoms with E-state index in [0.29, 0.717) is 12.5 Å². The molecule has 2 aromatic heterocycles. The van der Waals surface area contributed by atoms with E-state index >= 15 is 0 Å². The van der Waals surface area contributed by atoms with Crippen LogP contribution in [0.25, 0.3) is 0 Å². The topological polar surface area (TPSA) is 90.6 Å². The third-order valence-corrected chi connectivity index (χ3v) is 3.36. The SMILES string of the molecule is C[C@@H](CNC(=O)c1n[nH]c(=O)[nH]1)Cc1cccs1. The monoisotopic (exact) mass is 266 g/mol. The van der Waals surface area contributed by atoms with Gasteiger partial charge in [-0.1, -0.05) is 13.0 Å². The summed E-state index contributed by atoms with van der Waals surface area (Å²) in [5.41, 5.74) is -0.480. The molecule has 2 heterocycles. The average molecular weight is 266 g/mol. The molecule has 0 saturated carbocycles. The number of aromatic nitrogens is 3. The Labute approximate surface area is 107 Å². The molecule has 0 saturated heterocycles. The van der Waals surface area contributed by atoms with Crippen LogP contribution < -0.4 is 11.0 Å². The maximum Gasteiger partial charge on any atom is 0.341 e. The lowest BCUT2D eigenvalue weighted by atomic mass is 10.1. The number of carbonyl (C=O) groups excluding carboxylic acids is 1. The van der Waals surface area contributed by atoms with Crippen molar-refractivity contribution in [3.63, 3.8) is 0 Å². The number of amides is 1. The molecule has 18 heavy (non-hydrogen) atoms. The summed E-state index contributed by atoms with van der Waals surface area (Å²) in [6.07, 6.45) is 0.926. The van der Waals surface area contributed by atoms with Crippen LogP contribution in [0.15, 0.2) is 22.3 Å². The standard InChI is InChI=1S/C11H14N4O2S/c1-7(5-8-3-2-4-18-8)6-12-10(16)9-13-11(17)15-14-9/h2-4,7H,5-6H2,1H3,(H,12,16)(H2,13,14,15,17)/t7-/m1/s1. The fourth-order valence-corrected chi connectivity index (χ4v) is 2.44. The van der Waals surface area contributed by atoms with Crippen molar-refractivity contribution >= 4 is 17.2 Å². The number of thiophene rings is 1. The van der Waals surface area contributed by atoms with Crippen LogP contribution in [-0.4, -0.2) is 27.6 Å². The fourth-order valence-electron chi connectivity index (χ4n) is 1.57. The molecule has 0 aromatic carbocycles. The van der Waals surface area contributed by atoms with Gasteiger partial charge in [-0.15, -0.1) is 16.4 Å². The van der Waals surface area contributed by atoms with Gasteiger partial charge in [-0.05, 0) is 23.8 Å². The molecule has 0 aliphatic rings. The van der Waals surface area contributed by atoms with Gasteiger partial charge in [0.25, 0.3) is 5.91 Å². The van der Waals surface area contributed by atoms with E-state index in [1.54, 1.807) is 11.3 Å². The van der Waals surface area contributed by atoms with Crippen LogP contribution in [0.2, 0.25) is 0 Å². The van der Waals surface area contributed by atoms with E-state index in [1.807, 2.05) is 11.4 Å². The predicted octanol–water partition coefficient (Wildman–Crippen LogP) is 0.768. The van der Waals surface area contributed by atoms with Crippen LogP contribution in [0.5, 0.6) is 0 Å². The molecule has 3 N–H and O–H groups in total. The fraction of sp³-hybridized carbons (Fsp3) is 0.364. The number of nitrogens with one attached hydrogen (secondary N) is 3. The zero-order valence-electron chi connectivity index (χ0n) is 9.90. The van der Waals surface area contributed by atoms with Crippen molar-refractivity contribution in [3.05, 3.63) is 38.7 Å². The number of nitrogens with zero attached hydrogens (tertiary/aromatic N) is 1. The summed E-state index contributed by atoms with van der Waals surface area (Å²) in [6.45, 7) is 2.61. The highest BCUT2D eigenvalue weighted by atomic mass is 32.1. The minimum absolute atomic E-state index is 0.0170. The van der Waals surface area contributed by atoms with Crippen molar-refractivity contribution < 1.29 is 4.79 Å². The van der Waals surface area contributed by atoms with Crippen molar-refractivity contribution in [3.8, 4) is 0 Å². The van der Waals surface area contributed by atoms with E-state index in [1.165, 1.54) is 4.88 Å². The molecule has 6 nitrogen and oxygen atoms in total. The molecule has 7 heteroatoms. The second kappa shape index (κ2) is 5.63. The van der Waals surface area contributed by atoms with Gasteiger partial charge in [-0.2, -0.15) is 0 Å². The van der Waals surface area contributed by atoms with Gasteiger partial charge in [0.05, 0.1) is 0 Å². The second-order valence-electron chi connectivity index (χ2n) is 4.13. The number of hydrogen-bond donors (Lipinski definition) is 3. The largest absolute Gasteiger partial charge is 0.349 e. The summed E-state index contributed by atoms with van der Waals surface area (Å²) in [5, 5.41) is 10.5. The molecule has 0 fully saturated rings. The van der Waals surface area contributed by atoms with E-state index in [4.69, 9.17) is 0 Å². The van der Waals surface area contributed by atoms with Crippen molar-refractivity contribution in [1.82, 2.24) is 20.5 Å². The molecule has 1 atom stereocenters. The second-order valence-corrected chi connectivity index (χ2v) is 5.16. The van der Waals surface area contributed by atoms with Crippen LogP contribution in [0.3, 0.4) is 0 Å². The van der Waals surface area contributed by atoms with Gasteiger partial charge in [-0.3, -0.25) is 9.78 Å². The molecule has 0 bridgehead atoms. The Kier molecular flexibility index (Phi) is 3.93. The molecular formula is C11H14N4O2S. The summed E-state index contributed by atoms with van der Waals surface area (Å²) in [6, 6.07) is 4.09. The first-order chi connectivity index (χ1) is 8.65. The first-order valence-corrected chi connectivity index (χ1v) is 6.48. The van der Waals surface area contributed by atoms with Gasteiger partial charge in [-0.25, -0.2) is 9.89 Å². The van der Waals surface area contributed by atoms with E-state index < -0.39 is 5.69 Å². The quantitative estimate of drug-likeness (QED) is 0.746. The Bertz CT molecular complexity index is 558. The van der Waals surface area contributed by atoms with Crippen molar-refractivity contribution in [2.45, 2.75) is 13.3 Å². The van der Waals surface area contributed by atoms with E-state index in [9.17, 15) is 9.59 Å². The van der Waals surface area contributed by atoms with Gasteiger partial charge >= 0.3 is 5.69 Å². The first kappa shape index (κ1) is 12.6. The van der Waals surface area contributed by atoms with Crippen LogP contribution in [0.1, 0.15) is 22.4 Å². The number of aromatic amines is 2. The molecule has 1 amide bonds. The maximum absolute atomic E-state index is 11.6. The molecule has 96 valence electrons. The summed E-state index contributed by atoms with van der Waals surface area (Å²) in [5.74, 6) is -0.0204. The Hall–Kier alpha value is -1.89. The van der Waals surface area contributed by atoms with E-state index in [-0.39, 0.29) is 11.7 Å². The molecule has 0 aliphatic carbocycles. The molecule has 2 rings (SSSR count). The van der Waals surface area contributed by atoms with Crippen LogP contribution in [0.4, 0.5) is 0 Å². The van der Waals surface area contributed by atoms with Gasteiger partial charge in [0.15, 0.2) is 0 Å². The normalized spacial score (nSPS) is 12.3. The maximum atomic E-state index is 11.6. The predicted molar refractivity (Wildman–Crippen MR) is 68.7 cm³/mol. The Balaban J connectivity index is 1.81. The van der Waals surface area contributed by atoms with E-state index in [0.717, 1.165) is 6.42 Å². The smallest absolute Gasteiger partial charge is 0.341 e. The zero-order valence-corrected chi connectivity index (χ0v) is 10.7. The van der Waals surface area contributed by atoms with Gasteiger partial charge in [0.2, 0.25) is 5.82 Å². The van der Waals surface area contributed by atoms with Gasteiger partial charge in [0.1, 0.15) is 0 Å². The van der Waals surface area contributed by atoms with Crippen LogP contribution in [-0.2, 0) is 6.42 Å². The Morgan fingerprint density at radius 2 is 2.44 bits per heavy atom. The lowest BCUT2D eigenvalue weighted by Gasteiger charge is -2.10. The third kappa shape index (κ3) is 3.30. The molecule has 0 spiro atoms. The van der Waals surface area contributed by atoms with Gasteiger partial charge < -0.3 is 5.32 Å². The lowest BCUT2D eigenvalue weighted by molar-refractivity contribution is 0.0938. The summed E-state index contributed by atoms with van der Waals surface area (Å²) < 4.78 is 0. The molecule has 2 aromatic rings. The molecule has 0 unspecified atom stereocenters.